The van der Waals surface area contributed by atoms with Crippen molar-refractivity contribution < 1.29 is 13.2 Å². The van der Waals surface area contributed by atoms with Gasteiger partial charge in [0.1, 0.15) is 5.82 Å². The second-order valence-electron chi connectivity index (χ2n) is 8.97. The molecular formula is C25H30F3N5. The fourth-order valence-corrected chi connectivity index (χ4v) is 4.44. The number of nitrogens with zero attached hydrogens (tertiary/aromatic N) is 3. The van der Waals surface area contributed by atoms with Crippen LogP contribution in [0.1, 0.15) is 36.8 Å². The first-order valence-electron chi connectivity index (χ1n) is 11.4. The Morgan fingerprint density at radius 1 is 0.970 bits per heavy atom. The molecule has 0 saturated heterocycles. The van der Waals surface area contributed by atoms with Crippen molar-refractivity contribution >= 4 is 22.7 Å². The van der Waals surface area contributed by atoms with Crippen LogP contribution in [0.2, 0.25) is 0 Å². The van der Waals surface area contributed by atoms with Gasteiger partial charge in [-0.15, -0.1) is 0 Å². The maximum atomic E-state index is 12.9. The van der Waals surface area contributed by atoms with Gasteiger partial charge in [-0.05, 0) is 61.9 Å². The number of halogens is 3. The standard InChI is InChI=1S/C25H30F3N5/c1-33(2)23-21-8-3-4-9-22(21)31-24(32-23)30-20-12-10-17(11-13-20)15-29-16-18-6-5-7-19(14-18)25(26,27)28/h3-9,14,17,20,29H,10-13,15-16H2,1-2H3,(H,30,31,32)/t17-,20+. The van der Waals surface area contributed by atoms with Crippen LogP contribution in [0.15, 0.2) is 48.5 Å². The number of hydrogen-bond acceptors (Lipinski definition) is 5. The van der Waals surface area contributed by atoms with Crippen LogP contribution in [0.5, 0.6) is 0 Å². The molecule has 0 amide bonds. The first kappa shape index (κ1) is 23.3. The van der Waals surface area contributed by atoms with E-state index >= 15 is 0 Å². The van der Waals surface area contributed by atoms with Crippen molar-refractivity contribution in [3.05, 3.63) is 59.7 Å². The third-order valence-electron chi connectivity index (χ3n) is 6.20. The molecule has 1 aliphatic carbocycles. The first-order valence-corrected chi connectivity index (χ1v) is 11.4. The lowest BCUT2D eigenvalue weighted by molar-refractivity contribution is -0.137. The topological polar surface area (TPSA) is 53.1 Å². The van der Waals surface area contributed by atoms with Crippen molar-refractivity contribution in [3.63, 3.8) is 0 Å². The number of para-hydroxylation sites is 1. The fourth-order valence-electron chi connectivity index (χ4n) is 4.44. The average molecular weight is 458 g/mol. The molecule has 1 saturated carbocycles. The predicted octanol–water partition coefficient (Wildman–Crippen LogP) is 5.48. The molecule has 2 N–H and O–H groups in total. The predicted molar refractivity (Wildman–Crippen MR) is 126 cm³/mol. The van der Waals surface area contributed by atoms with Crippen molar-refractivity contribution in [1.82, 2.24) is 15.3 Å². The molecular weight excluding hydrogens is 427 g/mol. The highest BCUT2D eigenvalue weighted by Crippen LogP contribution is 2.30. The largest absolute Gasteiger partial charge is 0.416 e. The van der Waals surface area contributed by atoms with Gasteiger partial charge in [-0.3, -0.25) is 0 Å². The summed E-state index contributed by atoms with van der Waals surface area (Å²) in [6.07, 6.45) is -0.154. The third kappa shape index (κ3) is 5.93. The maximum absolute atomic E-state index is 12.9. The molecule has 0 aliphatic heterocycles. The van der Waals surface area contributed by atoms with Crippen LogP contribution < -0.4 is 15.5 Å². The van der Waals surface area contributed by atoms with E-state index in [4.69, 9.17) is 9.97 Å². The van der Waals surface area contributed by atoms with Crippen LogP contribution in [-0.4, -0.2) is 36.6 Å². The van der Waals surface area contributed by atoms with Crippen molar-refractivity contribution in [2.24, 2.45) is 5.92 Å². The highest BCUT2D eigenvalue weighted by Gasteiger charge is 2.30. The minimum Gasteiger partial charge on any atom is -0.362 e. The van der Waals surface area contributed by atoms with Gasteiger partial charge in [0, 0.05) is 32.1 Å². The first-order chi connectivity index (χ1) is 15.8. The van der Waals surface area contributed by atoms with E-state index in [1.165, 1.54) is 12.1 Å². The zero-order valence-corrected chi connectivity index (χ0v) is 19.0. The summed E-state index contributed by atoms with van der Waals surface area (Å²) in [5.41, 5.74) is 0.984. The Morgan fingerprint density at radius 3 is 2.45 bits per heavy atom. The second-order valence-corrected chi connectivity index (χ2v) is 8.97. The quantitative estimate of drug-likeness (QED) is 0.492. The normalized spacial score (nSPS) is 18.9. The van der Waals surface area contributed by atoms with Gasteiger partial charge in [-0.2, -0.15) is 18.2 Å². The molecule has 0 atom stereocenters. The maximum Gasteiger partial charge on any atom is 0.416 e. The molecule has 33 heavy (non-hydrogen) atoms. The van der Waals surface area contributed by atoms with Gasteiger partial charge in [0.15, 0.2) is 0 Å². The second kappa shape index (κ2) is 9.95. The van der Waals surface area contributed by atoms with Gasteiger partial charge in [0.25, 0.3) is 0 Å². The number of alkyl halides is 3. The average Bonchev–Trinajstić information content (AvgIpc) is 2.79. The molecule has 0 radical (unpaired) electrons. The zero-order valence-electron chi connectivity index (χ0n) is 19.0. The van der Waals surface area contributed by atoms with Gasteiger partial charge in [-0.1, -0.05) is 30.3 Å². The van der Waals surface area contributed by atoms with E-state index < -0.39 is 11.7 Å². The lowest BCUT2D eigenvalue weighted by Gasteiger charge is -2.29. The Morgan fingerprint density at radius 2 is 1.73 bits per heavy atom. The molecule has 4 rings (SSSR count). The van der Waals surface area contributed by atoms with Crippen LogP contribution in [0, 0.1) is 5.92 Å². The van der Waals surface area contributed by atoms with Gasteiger partial charge in [-0.25, -0.2) is 4.98 Å². The summed E-state index contributed by atoms with van der Waals surface area (Å²) in [6.45, 7) is 1.25. The molecule has 0 bridgehead atoms. The SMILES string of the molecule is CN(C)c1nc(N[C@H]2CC[C@@H](CNCc3cccc(C(F)(F)F)c3)CC2)nc2ccccc12. The molecule has 1 heterocycles. The summed E-state index contributed by atoms with van der Waals surface area (Å²) in [4.78, 5) is 11.4. The number of nitrogens with one attached hydrogen (secondary N) is 2. The molecule has 1 aliphatic rings. The summed E-state index contributed by atoms with van der Waals surface area (Å²) < 4.78 is 38.6. The molecule has 5 nitrogen and oxygen atoms in total. The number of anilines is 2. The lowest BCUT2D eigenvalue weighted by Crippen LogP contribution is -2.31. The molecule has 0 unspecified atom stereocenters. The highest BCUT2D eigenvalue weighted by molar-refractivity contribution is 5.90. The Labute approximate surface area is 192 Å². The van der Waals surface area contributed by atoms with E-state index in [0.29, 0.717) is 30.0 Å². The number of aromatic nitrogens is 2. The van der Waals surface area contributed by atoms with Crippen LogP contribution in [0.25, 0.3) is 10.9 Å². The summed E-state index contributed by atoms with van der Waals surface area (Å²) in [7, 11) is 3.96. The van der Waals surface area contributed by atoms with Gasteiger partial charge in [0.2, 0.25) is 5.95 Å². The van der Waals surface area contributed by atoms with E-state index in [1.54, 1.807) is 6.07 Å². The Bertz CT molecular complexity index is 1080. The number of benzene rings is 2. The molecule has 176 valence electrons. The van der Waals surface area contributed by atoms with Crippen LogP contribution in [-0.2, 0) is 12.7 Å². The summed E-state index contributed by atoms with van der Waals surface area (Å²) in [5, 5.41) is 7.88. The van der Waals surface area contributed by atoms with Crippen molar-refractivity contribution in [3.8, 4) is 0 Å². The Kier molecular flexibility index (Phi) is 7.02. The fraction of sp³-hybridized carbons (Fsp3) is 0.440. The molecule has 1 fully saturated rings. The number of hydrogen-bond donors (Lipinski definition) is 2. The van der Waals surface area contributed by atoms with Crippen molar-refractivity contribution in [2.75, 3.05) is 30.9 Å². The Balaban J connectivity index is 1.28. The van der Waals surface area contributed by atoms with Crippen LogP contribution in [0.3, 0.4) is 0 Å². The van der Waals surface area contributed by atoms with E-state index in [1.807, 2.05) is 43.3 Å². The van der Waals surface area contributed by atoms with Gasteiger partial charge >= 0.3 is 6.18 Å². The highest BCUT2D eigenvalue weighted by atomic mass is 19.4. The zero-order chi connectivity index (χ0) is 23.4. The minimum atomic E-state index is -4.30. The summed E-state index contributed by atoms with van der Waals surface area (Å²) in [6, 6.07) is 13.9. The van der Waals surface area contributed by atoms with Crippen molar-refractivity contribution in [1.29, 1.82) is 0 Å². The lowest BCUT2D eigenvalue weighted by atomic mass is 9.86. The van der Waals surface area contributed by atoms with Gasteiger partial charge < -0.3 is 15.5 Å². The van der Waals surface area contributed by atoms with E-state index in [0.717, 1.165) is 55.0 Å². The smallest absolute Gasteiger partial charge is 0.362 e. The van der Waals surface area contributed by atoms with E-state index in [9.17, 15) is 13.2 Å². The van der Waals surface area contributed by atoms with E-state index in [2.05, 4.69) is 10.6 Å². The molecule has 8 heteroatoms. The number of fused-ring (bicyclic) bond motifs is 1. The van der Waals surface area contributed by atoms with Crippen LogP contribution >= 0.6 is 0 Å². The molecule has 0 spiro atoms. The third-order valence-corrected chi connectivity index (χ3v) is 6.20. The van der Waals surface area contributed by atoms with Crippen molar-refractivity contribution in [2.45, 2.75) is 44.4 Å². The Hall–Kier alpha value is -2.87. The molecule has 1 aromatic heterocycles. The summed E-state index contributed by atoms with van der Waals surface area (Å²) in [5.74, 6) is 2.07. The van der Waals surface area contributed by atoms with Crippen LogP contribution in [0.4, 0.5) is 24.9 Å². The van der Waals surface area contributed by atoms with Gasteiger partial charge in [0.05, 0.1) is 11.1 Å². The number of rotatable bonds is 7. The summed E-state index contributed by atoms with van der Waals surface area (Å²) >= 11 is 0. The molecule has 2 aromatic carbocycles. The minimum absolute atomic E-state index is 0.320. The van der Waals surface area contributed by atoms with E-state index in [-0.39, 0.29) is 0 Å². The monoisotopic (exact) mass is 457 g/mol. The molecule has 3 aromatic rings.